The van der Waals surface area contributed by atoms with Crippen LogP contribution in [0.15, 0.2) is 188 Å². The third kappa shape index (κ3) is 4.98. The molecule has 238 valence electrons. The minimum atomic E-state index is 0.696. The molecule has 10 rings (SSSR count). The molecule has 0 aliphatic rings. The molecule has 0 atom stereocenters. The lowest BCUT2D eigenvalue weighted by Gasteiger charge is -2.17. The molecule has 0 bridgehead atoms. The second kappa shape index (κ2) is 11.9. The van der Waals surface area contributed by atoms with Crippen LogP contribution in [0.25, 0.3) is 94.1 Å². The summed E-state index contributed by atoms with van der Waals surface area (Å²) in [6.45, 7) is 0. The maximum Gasteiger partial charge on any atom is 0.162 e. The maximum absolute atomic E-state index is 5.46. The highest BCUT2D eigenvalue weighted by Crippen LogP contribution is 2.41. The Hall–Kier alpha value is -6.84. The minimum absolute atomic E-state index is 0.696. The van der Waals surface area contributed by atoms with Gasteiger partial charge in [-0.1, -0.05) is 152 Å². The molecule has 2 aromatic heterocycles. The molecular weight excluding hydrogens is 619 g/mol. The van der Waals surface area contributed by atoms with Crippen molar-refractivity contribution in [3.63, 3.8) is 0 Å². The Labute approximate surface area is 295 Å². The van der Waals surface area contributed by atoms with Gasteiger partial charge >= 0.3 is 0 Å². The Balaban J connectivity index is 1.35. The van der Waals surface area contributed by atoms with E-state index in [-0.39, 0.29) is 0 Å². The highest BCUT2D eigenvalue weighted by Gasteiger charge is 2.21. The summed E-state index contributed by atoms with van der Waals surface area (Å²) in [5.41, 5.74) is 11.1. The van der Waals surface area contributed by atoms with Gasteiger partial charge in [-0.25, -0.2) is 9.97 Å². The highest BCUT2D eigenvalue weighted by atomic mass is 15.1. The zero-order valence-corrected chi connectivity index (χ0v) is 27.7. The van der Waals surface area contributed by atoms with Gasteiger partial charge in [-0.05, 0) is 80.6 Å². The molecule has 8 aromatic carbocycles. The van der Waals surface area contributed by atoms with Gasteiger partial charge in [0.1, 0.15) is 5.82 Å². The van der Waals surface area contributed by atoms with E-state index in [1.165, 1.54) is 32.7 Å². The van der Waals surface area contributed by atoms with E-state index < -0.39 is 0 Å². The van der Waals surface area contributed by atoms with E-state index in [1.807, 2.05) is 18.2 Å². The monoisotopic (exact) mass is 649 g/mol. The summed E-state index contributed by atoms with van der Waals surface area (Å²) in [4.78, 5) is 10.7. The first-order chi connectivity index (χ1) is 25.3. The van der Waals surface area contributed by atoms with E-state index in [1.54, 1.807) is 0 Å². The lowest BCUT2D eigenvalue weighted by molar-refractivity contribution is 1.08. The van der Waals surface area contributed by atoms with Crippen molar-refractivity contribution < 1.29 is 0 Å². The van der Waals surface area contributed by atoms with E-state index >= 15 is 0 Å². The van der Waals surface area contributed by atoms with Gasteiger partial charge in [-0.2, -0.15) is 0 Å². The number of hydrogen-bond acceptors (Lipinski definition) is 2. The zero-order valence-electron chi connectivity index (χ0n) is 27.7. The Morgan fingerprint density at radius 2 is 0.863 bits per heavy atom. The van der Waals surface area contributed by atoms with Gasteiger partial charge in [0.05, 0.1) is 16.6 Å². The normalized spacial score (nSPS) is 11.5. The average molecular weight is 650 g/mol. The number of rotatable bonds is 5. The van der Waals surface area contributed by atoms with Crippen molar-refractivity contribution in [1.82, 2.24) is 14.5 Å². The zero-order chi connectivity index (χ0) is 33.7. The van der Waals surface area contributed by atoms with Crippen LogP contribution >= 0.6 is 0 Å². The van der Waals surface area contributed by atoms with E-state index in [0.29, 0.717) is 5.82 Å². The van der Waals surface area contributed by atoms with Gasteiger partial charge in [0, 0.05) is 21.7 Å². The molecule has 0 fully saturated rings. The van der Waals surface area contributed by atoms with E-state index in [4.69, 9.17) is 9.97 Å². The van der Waals surface area contributed by atoms with Gasteiger partial charge in [-0.15, -0.1) is 0 Å². The summed E-state index contributed by atoms with van der Waals surface area (Å²) in [6, 6.07) is 66.8. The fourth-order valence-electron chi connectivity index (χ4n) is 7.50. The largest absolute Gasteiger partial charge is 0.293 e. The van der Waals surface area contributed by atoms with Crippen LogP contribution in [0.2, 0.25) is 0 Å². The SMILES string of the molecule is c1ccc(-c2ccc3c(c2)c2cc4ccccc4cc2n3-c2nc(-c3ccccc3)nc3cc(-c4ccccc4)c(-c4ccccc4)cc23)cc1. The lowest BCUT2D eigenvalue weighted by atomic mass is 9.92. The number of aromatic nitrogens is 3. The molecule has 3 nitrogen and oxygen atoms in total. The predicted molar refractivity (Wildman–Crippen MR) is 213 cm³/mol. The van der Waals surface area contributed by atoms with E-state index in [9.17, 15) is 0 Å². The summed E-state index contributed by atoms with van der Waals surface area (Å²) in [7, 11) is 0. The summed E-state index contributed by atoms with van der Waals surface area (Å²) in [5, 5.41) is 5.78. The van der Waals surface area contributed by atoms with Gasteiger partial charge in [0.25, 0.3) is 0 Å². The van der Waals surface area contributed by atoms with E-state index in [2.05, 4.69) is 174 Å². The summed E-state index contributed by atoms with van der Waals surface area (Å²) in [6.07, 6.45) is 0. The second-order valence-corrected chi connectivity index (χ2v) is 13.0. The van der Waals surface area contributed by atoms with Crippen LogP contribution in [-0.4, -0.2) is 14.5 Å². The molecule has 51 heavy (non-hydrogen) atoms. The van der Waals surface area contributed by atoms with Crippen molar-refractivity contribution >= 4 is 43.5 Å². The van der Waals surface area contributed by atoms with Crippen LogP contribution in [0.4, 0.5) is 0 Å². The van der Waals surface area contributed by atoms with Gasteiger partial charge in [-0.3, -0.25) is 4.57 Å². The average Bonchev–Trinajstić information content (AvgIpc) is 3.52. The number of benzene rings is 8. The van der Waals surface area contributed by atoms with Crippen LogP contribution in [0.3, 0.4) is 0 Å². The van der Waals surface area contributed by atoms with Crippen LogP contribution in [-0.2, 0) is 0 Å². The lowest BCUT2D eigenvalue weighted by Crippen LogP contribution is -2.03. The smallest absolute Gasteiger partial charge is 0.162 e. The summed E-state index contributed by atoms with van der Waals surface area (Å²) in [5.74, 6) is 1.56. The molecule has 0 spiro atoms. The van der Waals surface area contributed by atoms with Crippen molar-refractivity contribution in [3.05, 3.63) is 188 Å². The summed E-state index contributed by atoms with van der Waals surface area (Å²) >= 11 is 0. The highest BCUT2D eigenvalue weighted by molar-refractivity contribution is 6.15. The maximum atomic E-state index is 5.46. The van der Waals surface area contributed by atoms with Gasteiger partial charge < -0.3 is 0 Å². The standard InChI is InChI=1S/C48H31N3/c1-5-15-32(16-6-1)38-25-26-45-41(28-38)42-27-36-23-13-14-24-37(36)29-46(42)51(45)48-43-30-39(33-17-7-2-8-18-33)40(34-19-9-3-10-20-34)31-44(43)49-47(50-48)35-21-11-4-12-22-35/h1-31H. The third-order valence-electron chi connectivity index (χ3n) is 9.97. The number of nitrogens with zero attached hydrogens (tertiary/aromatic N) is 3. The minimum Gasteiger partial charge on any atom is -0.293 e. The molecule has 3 heteroatoms. The van der Waals surface area contributed by atoms with Gasteiger partial charge in [0.2, 0.25) is 0 Å². The third-order valence-corrected chi connectivity index (χ3v) is 9.97. The molecule has 0 N–H and O–H groups in total. The first-order valence-electron chi connectivity index (χ1n) is 17.3. The van der Waals surface area contributed by atoms with Crippen molar-refractivity contribution in [2.75, 3.05) is 0 Å². The van der Waals surface area contributed by atoms with Crippen molar-refractivity contribution in [2.45, 2.75) is 0 Å². The van der Waals surface area contributed by atoms with Crippen molar-refractivity contribution in [2.24, 2.45) is 0 Å². The predicted octanol–water partition coefficient (Wildman–Crippen LogP) is 12.5. The topological polar surface area (TPSA) is 30.7 Å². The fraction of sp³-hybridized carbons (Fsp3) is 0. The molecule has 0 amide bonds. The molecular formula is C48H31N3. The Bertz CT molecular complexity index is 2880. The molecule has 0 aliphatic carbocycles. The molecule has 0 radical (unpaired) electrons. The van der Waals surface area contributed by atoms with Crippen molar-refractivity contribution in [3.8, 4) is 50.6 Å². The molecule has 0 aliphatic heterocycles. The van der Waals surface area contributed by atoms with Crippen LogP contribution in [0.5, 0.6) is 0 Å². The first-order valence-corrected chi connectivity index (χ1v) is 17.3. The molecule has 2 heterocycles. The summed E-state index contributed by atoms with van der Waals surface area (Å²) < 4.78 is 2.36. The fourth-order valence-corrected chi connectivity index (χ4v) is 7.50. The van der Waals surface area contributed by atoms with Crippen molar-refractivity contribution in [1.29, 1.82) is 0 Å². The van der Waals surface area contributed by atoms with Crippen LogP contribution in [0.1, 0.15) is 0 Å². The van der Waals surface area contributed by atoms with Crippen LogP contribution < -0.4 is 0 Å². The first kappa shape index (κ1) is 29.1. The second-order valence-electron chi connectivity index (χ2n) is 13.0. The Morgan fingerprint density at radius 3 is 1.51 bits per heavy atom. The number of fused-ring (bicyclic) bond motifs is 5. The Morgan fingerprint density at radius 1 is 0.333 bits per heavy atom. The molecule has 0 saturated carbocycles. The molecule has 0 saturated heterocycles. The quantitative estimate of drug-likeness (QED) is 0.186. The Kier molecular flexibility index (Phi) is 6.81. The van der Waals surface area contributed by atoms with Crippen LogP contribution in [0, 0.1) is 0 Å². The molecule has 10 aromatic rings. The van der Waals surface area contributed by atoms with E-state index in [0.717, 1.165) is 55.6 Å². The molecule has 0 unspecified atom stereocenters. The van der Waals surface area contributed by atoms with Gasteiger partial charge in [0.15, 0.2) is 5.82 Å². The number of hydrogen-bond donors (Lipinski definition) is 0.